The van der Waals surface area contributed by atoms with Crippen LogP contribution in [0.2, 0.25) is 0 Å². The van der Waals surface area contributed by atoms with Gasteiger partial charge < -0.3 is 10.6 Å². The number of nitrogens with two attached hydrogens (primary N) is 1. The van der Waals surface area contributed by atoms with Crippen molar-refractivity contribution < 1.29 is 0 Å². The molecule has 116 valence electrons. The fraction of sp³-hybridized carbons (Fsp3) is 0.263. The second-order valence-corrected chi connectivity index (χ2v) is 6.43. The number of fused-ring (bicyclic) bond motifs is 1. The zero-order chi connectivity index (χ0) is 15.9. The molecule has 1 fully saturated rings. The van der Waals surface area contributed by atoms with Gasteiger partial charge in [-0.2, -0.15) is 4.98 Å². The van der Waals surface area contributed by atoms with Crippen molar-refractivity contribution in [3.05, 3.63) is 60.2 Å². The summed E-state index contributed by atoms with van der Waals surface area (Å²) in [7, 11) is 2.05. The van der Waals surface area contributed by atoms with Crippen LogP contribution in [0.5, 0.6) is 0 Å². The molecule has 1 aliphatic rings. The minimum atomic E-state index is 0.236. The molecule has 0 amide bonds. The molecule has 0 saturated heterocycles. The van der Waals surface area contributed by atoms with Gasteiger partial charge in [0.05, 0.1) is 5.52 Å². The Kier molecular flexibility index (Phi) is 3.18. The monoisotopic (exact) mass is 304 g/mol. The molecule has 0 radical (unpaired) electrons. The van der Waals surface area contributed by atoms with Crippen molar-refractivity contribution in [2.45, 2.75) is 18.3 Å². The predicted octanol–water partition coefficient (Wildman–Crippen LogP) is 3.38. The third-order valence-electron chi connectivity index (χ3n) is 4.74. The summed E-state index contributed by atoms with van der Waals surface area (Å²) in [5.74, 6) is 1.24. The molecule has 4 nitrogen and oxygen atoms in total. The number of hydrogen-bond donors (Lipinski definition) is 1. The highest BCUT2D eigenvalue weighted by atomic mass is 15.2. The number of aromatic nitrogens is 2. The van der Waals surface area contributed by atoms with Crippen LogP contribution in [0.15, 0.2) is 54.6 Å². The quantitative estimate of drug-likeness (QED) is 0.803. The van der Waals surface area contributed by atoms with Gasteiger partial charge in [0.15, 0.2) is 0 Å². The van der Waals surface area contributed by atoms with E-state index in [-0.39, 0.29) is 5.41 Å². The Bertz CT molecular complexity index is 840. The fourth-order valence-electron chi connectivity index (χ4n) is 3.26. The summed E-state index contributed by atoms with van der Waals surface area (Å²) < 4.78 is 0. The van der Waals surface area contributed by atoms with Crippen LogP contribution in [0.25, 0.3) is 10.9 Å². The molecule has 4 heteroatoms. The summed E-state index contributed by atoms with van der Waals surface area (Å²) >= 11 is 0. The van der Waals surface area contributed by atoms with E-state index in [9.17, 15) is 0 Å². The molecule has 0 bridgehead atoms. The van der Waals surface area contributed by atoms with Gasteiger partial charge in [-0.3, -0.25) is 0 Å². The first kappa shape index (κ1) is 14.0. The second-order valence-electron chi connectivity index (χ2n) is 6.43. The van der Waals surface area contributed by atoms with Crippen molar-refractivity contribution in [3.8, 4) is 0 Å². The molecule has 1 aromatic heterocycles. The van der Waals surface area contributed by atoms with Crippen LogP contribution in [0.1, 0.15) is 18.4 Å². The molecule has 0 unspecified atom stereocenters. The SMILES string of the molecule is CN(CC1(c2ccccc2)CC1)c1nc(N)c2ccccc2n1. The maximum atomic E-state index is 6.11. The van der Waals surface area contributed by atoms with Crippen molar-refractivity contribution in [1.29, 1.82) is 0 Å². The lowest BCUT2D eigenvalue weighted by Crippen LogP contribution is -2.30. The predicted molar refractivity (Wildman–Crippen MR) is 94.6 cm³/mol. The summed E-state index contributed by atoms with van der Waals surface area (Å²) in [6.07, 6.45) is 2.43. The van der Waals surface area contributed by atoms with Gasteiger partial charge in [0.25, 0.3) is 0 Å². The van der Waals surface area contributed by atoms with Crippen LogP contribution < -0.4 is 10.6 Å². The van der Waals surface area contributed by atoms with Crippen LogP contribution in [0.3, 0.4) is 0 Å². The van der Waals surface area contributed by atoms with Gasteiger partial charge in [-0.05, 0) is 30.5 Å². The summed E-state index contributed by atoms with van der Waals surface area (Å²) in [4.78, 5) is 11.3. The van der Waals surface area contributed by atoms with Gasteiger partial charge in [0.1, 0.15) is 5.82 Å². The number of rotatable bonds is 4. The number of hydrogen-bond acceptors (Lipinski definition) is 4. The van der Waals surface area contributed by atoms with Crippen molar-refractivity contribution in [1.82, 2.24) is 9.97 Å². The Morgan fingerprint density at radius 2 is 1.70 bits per heavy atom. The Morgan fingerprint density at radius 3 is 2.43 bits per heavy atom. The highest BCUT2D eigenvalue weighted by molar-refractivity contribution is 5.88. The molecule has 1 heterocycles. The van der Waals surface area contributed by atoms with Crippen LogP contribution in [-0.4, -0.2) is 23.6 Å². The number of nitrogens with zero attached hydrogens (tertiary/aromatic N) is 3. The zero-order valence-corrected chi connectivity index (χ0v) is 13.2. The molecular formula is C19H20N4. The molecule has 1 aliphatic carbocycles. The van der Waals surface area contributed by atoms with E-state index in [1.807, 2.05) is 31.3 Å². The van der Waals surface area contributed by atoms with Crippen LogP contribution in [0.4, 0.5) is 11.8 Å². The summed E-state index contributed by atoms with van der Waals surface area (Å²) in [6.45, 7) is 0.912. The zero-order valence-electron chi connectivity index (χ0n) is 13.2. The average Bonchev–Trinajstić information content (AvgIpc) is 3.36. The summed E-state index contributed by atoms with van der Waals surface area (Å²) in [6, 6.07) is 18.6. The average molecular weight is 304 g/mol. The van der Waals surface area contributed by atoms with E-state index in [4.69, 9.17) is 5.73 Å². The van der Waals surface area contributed by atoms with Crippen LogP contribution in [-0.2, 0) is 5.41 Å². The van der Waals surface area contributed by atoms with E-state index in [0.29, 0.717) is 11.8 Å². The molecule has 0 spiro atoms. The number of para-hydroxylation sites is 1. The summed E-state index contributed by atoms with van der Waals surface area (Å²) in [5, 5.41) is 0.911. The van der Waals surface area contributed by atoms with Gasteiger partial charge >= 0.3 is 0 Å². The van der Waals surface area contributed by atoms with E-state index < -0.39 is 0 Å². The Balaban J connectivity index is 1.64. The van der Waals surface area contributed by atoms with Crippen molar-refractivity contribution >= 4 is 22.7 Å². The van der Waals surface area contributed by atoms with E-state index in [1.165, 1.54) is 18.4 Å². The minimum Gasteiger partial charge on any atom is -0.383 e. The number of likely N-dealkylation sites (N-methyl/N-ethyl adjacent to an activating group) is 1. The lowest BCUT2D eigenvalue weighted by Gasteiger charge is -2.24. The van der Waals surface area contributed by atoms with E-state index in [2.05, 4.69) is 45.2 Å². The Labute approximate surface area is 136 Å². The number of nitrogen functional groups attached to an aromatic ring is 1. The van der Waals surface area contributed by atoms with Crippen LogP contribution in [0, 0.1) is 0 Å². The normalized spacial score (nSPS) is 15.5. The van der Waals surface area contributed by atoms with Crippen molar-refractivity contribution in [2.24, 2.45) is 0 Å². The fourth-order valence-corrected chi connectivity index (χ4v) is 3.26. The molecule has 4 rings (SSSR count). The van der Waals surface area contributed by atoms with Crippen molar-refractivity contribution in [2.75, 3.05) is 24.2 Å². The maximum Gasteiger partial charge on any atom is 0.227 e. The van der Waals surface area contributed by atoms with Gasteiger partial charge in [0.2, 0.25) is 5.95 Å². The molecule has 1 saturated carbocycles. The first-order chi connectivity index (χ1) is 11.2. The highest BCUT2D eigenvalue weighted by Gasteiger charge is 2.45. The minimum absolute atomic E-state index is 0.236. The summed E-state index contributed by atoms with van der Waals surface area (Å²) in [5.41, 5.74) is 8.64. The number of anilines is 2. The molecule has 2 N–H and O–H groups in total. The van der Waals surface area contributed by atoms with Gasteiger partial charge in [0, 0.05) is 24.4 Å². The smallest absolute Gasteiger partial charge is 0.227 e. The van der Waals surface area contributed by atoms with E-state index in [0.717, 1.165) is 17.4 Å². The molecular weight excluding hydrogens is 284 g/mol. The van der Waals surface area contributed by atoms with Gasteiger partial charge in [-0.25, -0.2) is 4.98 Å². The Morgan fingerprint density at radius 1 is 1.00 bits per heavy atom. The molecule has 23 heavy (non-hydrogen) atoms. The van der Waals surface area contributed by atoms with Crippen LogP contribution >= 0.6 is 0 Å². The first-order valence-electron chi connectivity index (χ1n) is 7.97. The third kappa shape index (κ3) is 2.50. The van der Waals surface area contributed by atoms with E-state index >= 15 is 0 Å². The van der Waals surface area contributed by atoms with Gasteiger partial charge in [-0.15, -0.1) is 0 Å². The van der Waals surface area contributed by atoms with E-state index in [1.54, 1.807) is 0 Å². The number of benzene rings is 2. The van der Waals surface area contributed by atoms with Crippen molar-refractivity contribution in [3.63, 3.8) is 0 Å². The molecule has 2 aromatic carbocycles. The topological polar surface area (TPSA) is 55.0 Å². The second kappa shape index (κ2) is 5.23. The largest absolute Gasteiger partial charge is 0.383 e. The maximum absolute atomic E-state index is 6.11. The lowest BCUT2D eigenvalue weighted by molar-refractivity contribution is 0.664. The Hall–Kier alpha value is -2.62. The standard InChI is InChI=1S/C19H20N4/c1-23(13-19(11-12-19)14-7-3-2-4-8-14)18-21-16-10-6-5-9-15(16)17(20)22-18/h2-10H,11-13H2,1H3,(H2,20,21,22). The lowest BCUT2D eigenvalue weighted by atomic mass is 9.95. The molecule has 3 aromatic rings. The first-order valence-corrected chi connectivity index (χ1v) is 7.97. The highest BCUT2D eigenvalue weighted by Crippen LogP contribution is 2.48. The third-order valence-corrected chi connectivity index (χ3v) is 4.74. The molecule has 0 atom stereocenters. The van der Waals surface area contributed by atoms with Gasteiger partial charge in [-0.1, -0.05) is 42.5 Å². The molecule has 0 aliphatic heterocycles.